The van der Waals surface area contributed by atoms with Crippen molar-refractivity contribution in [1.29, 1.82) is 0 Å². The van der Waals surface area contributed by atoms with Gasteiger partial charge in [0, 0.05) is 17.5 Å². The Morgan fingerprint density at radius 3 is 2.82 bits per heavy atom. The van der Waals surface area contributed by atoms with Crippen LogP contribution in [0.1, 0.15) is 25.8 Å². The third-order valence-electron chi connectivity index (χ3n) is 3.73. The Labute approximate surface area is 107 Å². The second-order valence-corrected chi connectivity index (χ2v) is 6.27. The molecular weight excluding hydrogens is 234 g/mol. The Bertz CT molecular complexity index is 408. The molecule has 0 aliphatic carbocycles. The largest absolute Gasteiger partial charge is 0.495 e. The smallest absolute Gasteiger partial charge is 0.137 e. The number of hydrogen-bond donors (Lipinski definition) is 1. The first-order valence-corrected chi connectivity index (χ1v) is 6.95. The highest BCUT2D eigenvalue weighted by Gasteiger charge is 2.47. The molecule has 2 heterocycles. The summed E-state index contributed by atoms with van der Waals surface area (Å²) in [7, 11) is 1.62. The summed E-state index contributed by atoms with van der Waals surface area (Å²) in [5, 5.41) is 11.0. The number of nitrogens with zero attached hydrogens (tertiary/aromatic N) is 1. The van der Waals surface area contributed by atoms with Crippen LogP contribution in [-0.4, -0.2) is 28.7 Å². The highest BCUT2D eigenvalue weighted by atomic mass is 32.2. The van der Waals surface area contributed by atoms with Gasteiger partial charge in [-0.05, 0) is 23.7 Å². The molecule has 0 spiro atoms. The van der Waals surface area contributed by atoms with E-state index in [9.17, 15) is 5.11 Å². The van der Waals surface area contributed by atoms with Crippen LogP contribution in [0.15, 0.2) is 18.5 Å². The molecule has 0 radical (unpaired) electrons. The summed E-state index contributed by atoms with van der Waals surface area (Å²) in [6, 6.07) is 1.89. The Morgan fingerprint density at radius 1 is 1.41 bits per heavy atom. The lowest BCUT2D eigenvalue weighted by molar-refractivity contribution is -0.0582. The van der Waals surface area contributed by atoms with E-state index in [1.807, 2.05) is 6.07 Å². The third-order valence-corrected chi connectivity index (χ3v) is 4.84. The highest BCUT2D eigenvalue weighted by Crippen LogP contribution is 2.48. The number of aliphatic hydroxyl groups is 1. The Morgan fingerprint density at radius 2 is 2.18 bits per heavy atom. The summed E-state index contributed by atoms with van der Waals surface area (Å²) in [5.41, 5.74) is -0.0990. The Balaban J connectivity index is 2.41. The predicted octanol–water partition coefficient (Wildman–Crippen LogP) is 2.44. The lowest BCUT2D eigenvalue weighted by Gasteiger charge is -2.46. The fraction of sp³-hybridized carbons (Fsp3) is 0.615. The SMILES string of the molecule is COc1cncc(C2(O)CSCCC2(C)C)c1. The maximum atomic E-state index is 11.0. The summed E-state index contributed by atoms with van der Waals surface area (Å²) in [6.45, 7) is 4.23. The molecule has 1 atom stereocenters. The molecule has 1 unspecified atom stereocenters. The van der Waals surface area contributed by atoms with Crippen molar-refractivity contribution in [3.63, 3.8) is 0 Å². The van der Waals surface area contributed by atoms with Gasteiger partial charge in [-0.15, -0.1) is 0 Å². The van der Waals surface area contributed by atoms with Crippen molar-refractivity contribution in [1.82, 2.24) is 4.98 Å². The molecule has 3 nitrogen and oxygen atoms in total. The van der Waals surface area contributed by atoms with Crippen molar-refractivity contribution in [3.8, 4) is 5.75 Å². The van der Waals surface area contributed by atoms with Gasteiger partial charge in [-0.1, -0.05) is 13.8 Å². The molecule has 94 valence electrons. The van der Waals surface area contributed by atoms with Gasteiger partial charge in [0.1, 0.15) is 11.4 Å². The topological polar surface area (TPSA) is 42.4 Å². The van der Waals surface area contributed by atoms with Gasteiger partial charge in [0.25, 0.3) is 0 Å². The molecule has 1 fully saturated rings. The zero-order valence-corrected chi connectivity index (χ0v) is 11.4. The van der Waals surface area contributed by atoms with E-state index in [-0.39, 0.29) is 5.41 Å². The van der Waals surface area contributed by atoms with Crippen LogP contribution >= 0.6 is 11.8 Å². The van der Waals surface area contributed by atoms with Gasteiger partial charge < -0.3 is 9.84 Å². The molecule has 2 rings (SSSR count). The molecule has 1 aliphatic heterocycles. The zero-order chi connectivity index (χ0) is 12.5. The Hall–Kier alpha value is -0.740. The van der Waals surface area contributed by atoms with E-state index in [1.54, 1.807) is 31.3 Å². The third kappa shape index (κ3) is 2.16. The van der Waals surface area contributed by atoms with Crippen LogP contribution in [0.2, 0.25) is 0 Å². The summed E-state index contributed by atoms with van der Waals surface area (Å²) in [4.78, 5) is 4.15. The number of methoxy groups -OCH3 is 1. The van der Waals surface area contributed by atoms with Crippen LogP contribution in [0.4, 0.5) is 0 Å². The van der Waals surface area contributed by atoms with Crippen LogP contribution in [0.3, 0.4) is 0 Å². The molecule has 17 heavy (non-hydrogen) atoms. The second-order valence-electron chi connectivity index (χ2n) is 5.16. The van der Waals surface area contributed by atoms with Crippen LogP contribution in [-0.2, 0) is 5.60 Å². The average molecular weight is 253 g/mol. The van der Waals surface area contributed by atoms with E-state index in [0.29, 0.717) is 5.75 Å². The minimum Gasteiger partial charge on any atom is -0.495 e. The molecule has 0 bridgehead atoms. The van der Waals surface area contributed by atoms with Crippen LogP contribution in [0.25, 0.3) is 0 Å². The summed E-state index contributed by atoms with van der Waals surface area (Å²) in [5.74, 6) is 2.52. The first kappa shape index (κ1) is 12.7. The first-order valence-electron chi connectivity index (χ1n) is 5.79. The fourth-order valence-corrected chi connectivity index (χ4v) is 3.83. The van der Waals surface area contributed by atoms with Gasteiger partial charge in [-0.3, -0.25) is 4.98 Å². The number of thioether (sulfide) groups is 1. The van der Waals surface area contributed by atoms with E-state index >= 15 is 0 Å². The normalized spacial score (nSPS) is 27.8. The van der Waals surface area contributed by atoms with E-state index in [0.717, 1.165) is 23.5 Å². The van der Waals surface area contributed by atoms with Crippen molar-refractivity contribution in [2.75, 3.05) is 18.6 Å². The average Bonchev–Trinajstić information content (AvgIpc) is 2.33. The lowest BCUT2D eigenvalue weighted by Crippen LogP contribution is -2.47. The van der Waals surface area contributed by atoms with Crippen molar-refractivity contribution in [2.24, 2.45) is 5.41 Å². The lowest BCUT2D eigenvalue weighted by atomic mass is 9.70. The zero-order valence-electron chi connectivity index (χ0n) is 10.6. The summed E-state index contributed by atoms with van der Waals surface area (Å²) < 4.78 is 5.18. The number of aromatic nitrogens is 1. The molecule has 1 aromatic heterocycles. The first-order chi connectivity index (χ1) is 7.99. The van der Waals surface area contributed by atoms with Crippen molar-refractivity contribution in [2.45, 2.75) is 25.9 Å². The van der Waals surface area contributed by atoms with Crippen molar-refractivity contribution in [3.05, 3.63) is 24.0 Å². The summed E-state index contributed by atoms with van der Waals surface area (Å²) in [6.07, 6.45) is 4.41. The molecule has 1 aliphatic rings. The van der Waals surface area contributed by atoms with E-state index in [4.69, 9.17) is 4.74 Å². The molecular formula is C13H19NO2S. The van der Waals surface area contributed by atoms with Crippen molar-refractivity contribution < 1.29 is 9.84 Å². The van der Waals surface area contributed by atoms with E-state index in [2.05, 4.69) is 18.8 Å². The van der Waals surface area contributed by atoms with Gasteiger partial charge in [-0.25, -0.2) is 0 Å². The molecule has 0 amide bonds. The minimum atomic E-state index is -0.822. The maximum Gasteiger partial charge on any atom is 0.137 e. The fourth-order valence-electron chi connectivity index (χ4n) is 2.18. The number of pyridine rings is 1. The van der Waals surface area contributed by atoms with E-state index in [1.165, 1.54) is 0 Å². The van der Waals surface area contributed by atoms with E-state index < -0.39 is 5.60 Å². The van der Waals surface area contributed by atoms with Gasteiger partial charge in [0.05, 0.1) is 13.3 Å². The molecule has 0 saturated carbocycles. The monoisotopic (exact) mass is 253 g/mol. The second kappa shape index (κ2) is 4.50. The highest BCUT2D eigenvalue weighted by molar-refractivity contribution is 7.99. The summed E-state index contributed by atoms with van der Waals surface area (Å²) >= 11 is 1.79. The number of rotatable bonds is 2. The maximum absolute atomic E-state index is 11.0. The quantitative estimate of drug-likeness (QED) is 0.879. The standard InChI is InChI=1S/C13H19NO2S/c1-12(2)4-5-17-9-13(12,15)10-6-11(16-3)8-14-7-10/h6-8,15H,4-5,9H2,1-3H3. The van der Waals surface area contributed by atoms with Gasteiger partial charge in [0.2, 0.25) is 0 Å². The molecule has 0 aromatic carbocycles. The van der Waals surface area contributed by atoms with Gasteiger partial charge in [-0.2, -0.15) is 11.8 Å². The molecule has 1 aromatic rings. The molecule has 4 heteroatoms. The van der Waals surface area contributed by atoms with Crippen LogP contribution in [0.5, 0.6) is 5.75 Å². The Kier molecular flexibility index (Phi) is 3.36. The minimum absolute atomic E-state index is 0.133. The predicted molar refractivity (Wildman–Crippen MR) is 70.4 cm³/mol. The van der Waals surface area contributed by atoms with Gasteiger partial charge >= 0.3 is 0 Å². The molecule has 1 N–H and O–H groups in total. The van der Waals surface area contributed by atoms with Crippen molar-refractivity contribution >= 4 is 11.8 Å². The molecule has 1 saturated heterocycles. The number of ether oxygens (including phenoxy) is 1. The number of hydrogen-bond acceptors (Lipinski definition) is 4. The van der Waals surface area contributed by atoms with Crippen LogP contribution in [0, 0.1) is 5.41 Å². The van der Waals surface area contributed by atoms with Crippen LogP contribution < -0.4 is 4.74 Å². The van der Waals surface area contributed by atoms with Gasteiger partial charge in [0.15, 0.2) is 0 Å².